The maximum Gasteiger partial charge on any atom is 0.230 e. The van der Waals surface area contributed by atoms with Crippen molar-refractivity contribution in [3.8, 4) is 23.0 Å². The van der Waals surface area contributed by atoms with Crippen LogP contribution in [0.3, 0.4) is 0 Å². The van der Waals surface area contributed by atoms with Crippen LogP contribution in [0.5, 0.6) is 11.5 Å². The Morgan fingerprint density at radius 2 is 2.04 bits per heavy atom. The van der Waals surface area contributed by atoms with Gasteiger partial charge in [-0.05, 0) is 38.5 Å². The van der Waals surface area contributed by atoms with E-state index in [1.165, 1.54) is 11.8 Å². The number of rotatable bonds is 9. The summed E-state index contributed by atoms with van der Waals surface area (Å²) in [6, 6.07) is 5.74. The van der Waals surface area contributed by atoms with E-state index >= 15 is 0 Å². The Morgan fingerprint density at radius 3 is 2.69 bits per heavy atom. The quantitative estimate of drug-likeness (QED) is 0.715. The molecule has 1 amide bonds. The summed E-state index contributed by atoms with van der Waals surface area (Å²) in [7, 11) is 3.19. The molecule has 0 radical (unpaired) electrons. The van der Waals surface area contributed by atoms with Crippen molar-refractivity contribution in [2.75, 3.05) is 20.0 Å². The van der Waals surface area contributed by atoms with Gasteiger partial charge in [0, 0.05) is 17.4 Å². The minimum absolute atomic E-state index is 0.0469. The van der Waals surface area contributed by atoms with Gasteiger partial charge < -0.3 is 19.2 Å². The Balaban J connectivity index is 2.02. The number of nitrogens with zero attached hydrogens (tertiary/aromatic N) is 1. The first-order chi connectivity index (χ1) is 12.5. The topological polar surface area (TPSA) is 73.6 Å². The predicted octanol–water partition coefficient (Wildman–Crippen LogP) is 3.82. The predicted molar refractivity (Wildman–Crippen MR) is 104 cm³/mol. The molecule has 142 valence electrons. The summed E-state index contributed by atoms with van der Waals surface area (Å²) in [5.74, 6) is 3.64. The normalized spacial score (nSPS) is 11.9. The van der Waals surface area contributed by atoms with Gasteiger partial charge in [-0.15, -0.1) is 11.8 Å². The van der Waals surface area contributed by atoms with Gasteiger partial charge in [-0.25, -0.2) is 4.98 Å². The summed E-state index contributed by atoms with van der Waals surface area (Å²) in [5, 5.41) is 2.96. The molecular formula is C19H26N2O4S. The van der Waals surface area contributed by atoms with E-state index in [2.05, 4.69) is 10.3 Å². The van der Waals surface area contributed by atoms with Crippen LogP contribution in [0.15, 0.2) is 22.6 Å². The van der Waals surface area contributed by atoms with Gasteiger partial charge in [0.15, 0.2) is 11.5 Å². The molecule has 0 aliphatic heterocycles. The minimum atomic E-state index is 0.0469. The van der Waals surface area contributed by atoms with E-state index in [9.17, 15) is 4.79 Å². The molecule has 7 heteroatoms. The van der Waals surface area contributed by atoms with Gasteiger partial charge in [-0.3, -0.25) is 4.79 Å². The molecule has 0 spiro atoms. The number of nitrogens with one attached hydrogen (secondary N) is 1. The molecule has 0 fully saturated rings. The summed E-state index contributed by atoms with van der Waals surface area (Å²) in [4.78, 5) is 16.4. The van der Waals surface area contributed by atoms with Crippen molar-refractivity contribution >= 4 is 17.7 Å². The highest BCUT2D eigenvalue weighted by atomic mass is 32.2. The third-order valence-corrected chi connectivity index (χ3v) is 4.96. The lowest BCUT2D eigenvalue weighted by molar-refractivity contribution is -0.119. The van der Waals surface area contributed by atoms with Crippen LogP contribution in [0.1, 0.15) is 31.7 Å². The monoisotopic (exact) mass is 378 g/mol. The SMILES string of the molecule is CC[C@H](C)NC(=O)CSCc1nc(-c2ccc(OC)c(OC)c2)oc1C. The molecule has 0 saturated heterocycles. The second-order valence-electron chi connectivity index (χ2n) is 5.96. The molecule has 2 rings (SSSR count). The Hall–Kier alpha value is -2.15. The van der Waals surface area contributed by atoms with Crippen molar-refractivity contribution < 1.29 is 18.7 Å². The lowest BCUT2D eigenvalue weighted by Crippen LogP contribution is -2.33. The van der Waals surface area contributed by atoms with Gasteiger partial charge in [-0.2, -0.15) is 0 Å². The molecule has 0 bridgehead atoms. The zero-order valence-electron chi connectivity index (χ0n) is 15.9. The van der Waals surface area contributed by atoms with Crippen LogP contribution in [0, 0.1) is 6.92 Å². The first-order valence-corrected chi connectivity index (χ1v) is 9.69. The summed E-state index contributed by atoms with van der Waals surface area (Å²) in [5.41, 5.74) is 1.66. The Labute approximate surface area is 158 Å². The van der Waals surface area contributed by atoms with E-state index < -0.39 is 0 Å². The van der Waals surface area contributed by atoms with Crippen LogP contribution in [0.4, 0.5) is 0 Å². The van der Waals surface area contributed by atoms with E-state index in [0.717, 1.165) is 23.4 Å². The summed E-state index contributed by atoms with van der Waals surface area (Å²) >= 11 is 1.52. The fraction of sp³-hybridized carbons (Fsp3) is 0.474. The number of aryl methyl sites for hydroxylation is 1. The number of thioether (sulfide) groups is 1. The van der Waals surface area contributed by atoms with Gasteiger partial charge in [0.25, 0.3) is 0 Å². The zero-order chi connectivity index (χ0) is 19.1. The number of aromatic nitrogens is 1. The van der Waals surface area contributed by atoms with Crippen LogP contribution in [0.2, 0.25) is 0 Å². The summed E-state index contributed by atoms with van der Waals surface area (Å²) in [6.07, 6.45) is 0.924. The van der Waals surface area contributed by atoms with E-state index in [-0.39, 0.29) is 11.9 Å². The van der Waals surface area contributed by atoms with E-state index in [1.54, 1.807) is 14.2 Å². The second-order valence-corrected chi connectivity index (χ2v) is 6.95. The smallest absolute Gasteiger partial charge is 0.230 e. The zero-order valence-corrected chi connectivity index (χ0v) is 16.7. The number of hydrogen-bond donors (Lipinski definition) is 1. The second kappa shape index (κ2) is 9.52. The van der Waals surface area contributed by atoms with E-state index in [0.29, 0.717) is 28.9 Å². The fourth-order valence-electron chi connectivity index (χ4n) is 2.31. The molecule has 2 aromatic rings. The van der Waals surface area contributed by atoms with Gasteiger partial charge in [0.05, 0.1) is 25.7 Å². The molecular weight excluding hydrogens is 352 g/mol. The number of amides is 1. The Morgan fingerprint density at radius 1 is 1.31 bits per heavy atom. The van der Waals surface area contributed by atoms with E-state index in [4.69, 9.17) is 13.9 Å². The molecule has 26 heavy (non-hydrogen) atoms. The number of ether oxygens (including phenoxy) is 2. The fourth-order valence-corrected chi connectivity index (χ4v) is 3.15. The Kier molecular flexibility index (Phi) is 7.38. The number of carbonyl (C=O) groups excluding carboxylic acids is 1. The summed E-state index contributed by atoms with van der Waals surface area (Å²) in [6.45, 7) is 5.93. The molecule has 0 unspecified atom stereocenters. The van der Waals surface area contributed by atoms with Gasteiger partial charge in [0.2, 0.25) is 11.8 Å². The van der Waals surface area contributed by atoms with Crippen molar-refractivity contribution in [2.24, 2.45) is 0 Å². The van der Waals surface area contributed by atoms with Gasteiger partial charge in [0.1, 0.15) is 5.76 Å². The largest absolute Gasteiger partial charge is 0.493 e. The summed E-state index contributed by atoms with van der Waals surface area (Å²) < 4.78 is 16.4. The van der Waals surface area contributed by atoms with Crippen LogP contribution in [0.25, 0.3) is 11.5 Å². The highest BCUT2D eigenvalue weighted by Crippen LogP contribution is 2.33. The minimum Gasteiger partial charge on any atom is -0.493 e. The van der Waals surface area contributed by atoms with Crippen molar-refractivity contribution in [1.82, 2.24) is 10.3 Å². The maximum atomic E-state index is 11.8. The first-order valence-electron chi connectivity index (χ1n) is 8.54. The van der Waals surface area contributed by atoms with Crippen LogP contribution >= 0.6 is 11.8 Å². The van der Waals surface area contributed by atoms with Crippen molar-refractivity contribution in [3.05, 3.63) is 29.7 Å². The molecule has 0 aliphatic rings. The van der Waals surface area contributed by atoms with Crippen LogP contribution < -0.4 is 14.8 Å². The molecule has 0 saturated carbocycles. The maximum absolute atomic E-state index is 11.8. The van der Waals surface area contributed by atoms with Crippen LogP contribution in [-0.2, 0) is 10.5 Å². The average molecular weight is 378 g/mol. The molecule has 1 N–H and O–H groups in total. The third-order valence-electron chi connectivity index (χ3n) is 4.01. The van der Waals surface area contributed by atoms with E-state index in [1.807, 2.05) is 39.0 Å². The van der Waals surface area contributed by atoms with Crippen LogP contribution in [-0.4, -0.2) is 36.9 Å². The molecule has 1 atom stereocenters. The molecule has 1 aromatic heterocycles. The number of carbonyl (C=O) groups is 1. The van der Waals surface area contributed by atoms with Crippen molar-refractivity contribution in [3.63, 3.8) is 0 Å². The number of methoxy groups -OCH3 is 2. The molecule has 1 aromatic carbocycles. The number of hydrogen-bond acceptors (Lipinski definition) is 6. The highest BCUT2D eigenvalue weighted by molar-refractivity contribution is 7.99. The standard InChI is InChI=1S/C19H26N2O4S/c1-6-12(2)20-18(22)11-26-10-15-13(3)25-19(21-15)14-7-8-16(23-4)17(9-14)24-5/h7-9,12H,6,10-11H2,1-5H3,(H,20,22)/t12-/m0/s1. The lowest BCUT2D eigenvalue weighted by atomic mass is 10.2. The Bertz CT molecular complexity index is 745. The molecule has 1 heterocycles. The third kappa shape index (κ3) is 5.17. The van der Waals surface area contributed by atoms with Crippen molar-refractivity contribution in [1.29, 1.82) is 0 Å². The van der Waals surface area contributed by atoms with Crippen molar-refractivity contribution in [2.45, 2.75) is 39.0 Å². The molecule has 6 nitrogen and oxygen atoms in total. The average Bonchev–Trinajstić information content (AvgIpc) is 3.01. The van der Waals surface area contributed by atoms with Gasteiger partial charge in [-0.1, -0.05) is 6.92 Å². The number of benzene rings is 1. The number of oxazole rings is 1. The molecule has 0 aliphatic carbocycles. The van der Waals surface area contributed by atoms with Gasteiger partial charge >= 0.3 is 0 Å². The first kappa shape index (κ1) is 20.2. The highest BCUT2D eigenvalue weighted by Gasteiger charge is 2.15. The lowest BCUT2D eigenvalue weighted by Gasteiger charge is -2.10.